The quantitative estimate of drug-likeness (QED) is 0.258. The molecule has 0 radical (unpaired) electrons. The summed E-state index contributed by atoms with van der Waals surface area (Å²) < 4.78 is 24.2. The van der Waals surface area contributed by atoms with Gasteiger partial charge in [0, 0.05) is 28.4 Å². The van der Waals surface area contributed by atoms with Gasteiger partial charge in [-0.25, -0.2) is 4.68 Å². The Kier molecular flexibility index (Phi) is 6.88. The van der Waals surface area contributed by atoms with Crippen molar-refractivity contribution in [2.45, 2.75) is 13.2 Å². The van der Waals surface area contributed by atoms with E-state index in [9.17, 15) is 14.7 Å². The molecule has 2 heterocycles. The number of aromatic hydroxyl groups is 1. The number of fused-ring (bicyclic) bond motifs is 2. The molecule has 2 N–H and O–H groups in total. The minimum Gasteiger partial charge on any atom is -0.507 e. The van der Waals surface area contributed by atoms with Crippen LogP contribution >= 0.6 is 15.9 Å². The van der Waals surface area contributed by atoms with E-state index in [2.05, 4.69) is 31.6 Å². The van der Waals surface area contributed by atoms with Crippen LogP contribution in [-0.2, 0) is 17.9 Å². The number of methoxy groups -OCH3 is 2. The Morgan fingerprint density at radius 2 is 1.89 bits per heavy atom. The van der Waals surface area contributed by atoms with Crippen LogP contribution in [0.1, 0.15) is 5.69 Å². The molecule has 0 spiro atoms. The summed E-state index contributed by atoms with van der Waals surface area (Å²) in [6.07, 6.45) is 1.57. The van der Waals surface area contributed by atoms with Crippen LogP contribution in [0.15, 0.2) is 68.4 Å². The highest BCUT2D eigenvalue weighted by molar-refractivity contribution is 9.10. The second kappa shape index (κ2) is 10.4. The summed E-state index contributed by atoms with van der Waals surface area (Å²) in [5.74, 6) is 0.739. The highest BCUT2D eigenvalue weighted by Gasteiger charge is 2.15. The van der Waals surface area contributed by atoms with E-state index in [1.807, 2.05) is 0 Å². The third-order valence-corrected chi connectivity index (χ3v) is 6.13. The normalized spacial score (nSPS) is 11.0. The molecule has 0 aliphatic heterocycles. The number of ether oxygens (including phenoxy) is 3. The SMILES string of the molecule is COc1ccc(NC(=O)Cn2cc(COc3cc(O)c4c(=O)c5ccc(Br)cc5oc4c3)nn2)cc1OC. The highest BCUT2D eigenvalue weighted by Crippen LogP contribution is 2.32. The Bertz CT molecular complexity index is 1730. The molecule has 0 bridgehead atoms. The summed E-state index contributed by atoms with van der Waals surface area (Å²) in [5.41, 5.74) is 1.22. The lowest BCUT2D eigenvalue weighted by Gasteiger charge is -2.10. The largest absolute Gasteiger partial charge is 0.507 e. The Hall–Kier alpha value is -4.58. The van der Waals surface area contributed by atoms with Crippen molar-refractivity contribution in [3.05, 3.63) is 75.1 Å². The van der Waals surface area contributed by atoms with Crippen molar-refractivity contribution in [1.29, 1.82) is 0 Å². The van der Waals surface area contributed by atoms with Crippen LogP contribution in [0.4, 0.5) is 5.69 Å². The van der Waals surface area contributed by atoms with Gasteiger partial charge in [0.25, 0.3) is 0 Å². The molecule has 12 heteroatoms. The lowest BCUT2D eigenvalue weighted by atomic mass is 10.1. The number of carbonyl (C=O) groups excluding carboxylic acids is 1. The number of aromatic nitrogens is 3. The third kappa shape index (κ3) is 5.11. The van der Waals surface area contributed by atoms with Gasteiger partial charge in [-0.15, -0.1) is 5.10 Å². The number of carbonyl (C=O) groups is 1. The second-order valence-electron chi connectivity index (χ2n) is 8.20. The molecule has 3 aromatic carbocycles. The van der Waals surface area contributed by atoms with Gasteiger partial charge in [0.15, 0.2) is 11.5 Å². The maximum atomic E-state index is 12.8. The van der Waals surface area contributed by atoms with Crippen molar-refractivity contribution < 1.29 is 28.5 Å². The third-order valence-electron chi connectivity index (χ3n) is 5.64. The Morgan fingerprint density at radius 1 is 1.08 bits per heavy atom. The minimum atomic E-state index is -0.341. The molecule has 1 amide bonds. The van der Waals surface area contributed by atoms with Crippen LogP contribution in [-0.4, -0.2) is 40.2 Å². The molecular weight excluding hydrogens is 560 g/mol. The summed E-state index contributed by atoms with van der Waals surface area (Å²) in [7, 11) is 3.04. The number of nitrogens with zero attached hydrogens (tertiary/aromatic N) is 3. The average molecular weight is 581 g/mol. The molecule has 194 valence electrons. The van der Waals surface area contributed by atoms with Crippen LogP contribution in [0, 0.1) is 0 Å². The molecule has 0 unspecified atom stereocenters. The predicted octanol–water partition coefficient (Wildman–Crippen LogP) is 4.24. The summed E-state index contributed by atoms with van der Waals surface area (Å²) in [4.78, 5) is 25.3. The van der Waals surface area contributed by atoms with E-state index in [0.29, 0.717) is 33.8 Å². The van der Waals surface area contributed by atoms with E-state index in [0.717, 1.165) is 4.47 Å². The second-order valence-corrected chi connectivity index (χ2v) is 9.12. The zero-order valence-corrected chi connectivity index (χ0v) is 21.8. The van der Waals surface area contributed by atoms with Crippen molar-refractivity contribution >= 4 is 49.5 Å². The number of hydrogen-bond donors (Lipinski definition) is 2. The lowest BCUT2D eigenvalue weighted by Crippen LogP contribution is -2.19. The van der Waals surface area contributed by atoms with E-state index in [1.54, 1.807) is 42.6 Å². The monoisotopic (exact) mass is 580 g/mol. The predicted molar refractivity (Wildman–Crippen MR) is 142 cm³/mol. The maximum absolute atomic E-state index is 12.8. The zero-order valence-electron chi connectivity index (χ0n) is 20.2. The number of nitrogens with one attached hydrogen (secondary N) is 1. The van der Waals surface area contributed by atoms with E-state index in [-0.39, 0.29) is 47.0 Å². The first-order valence-corrected chi connectivity index (χ1v) is 12.1. The molecule has 0 saturated heterocycles. The van der Waals surface area contributed by atoms with Gasteiger partial charge < -0.3 is 29.1 Å². The number of halogens is 1. The lowest BCUT2D eigenvalue weighted by molar-refractivity contribution is -0.116. The zero-order chi connectivity index (χ0) is 26.8. The van der Waals surface area contributed by atoms with Crippen LogP contribution in [0.2, 0.25) is 0 Å². The van der Waals surface area contributed by atoms with Gasteiger partial charge in [0.1, 0.15) is 46.9 Å². The highest BCUT2D eigenvalue weighted by atomic mass is 79.9. The van der Waals surface area contributed by atoms with Crippen LogP contribution in [0.25, 0.3) is 21.9 Å². The molecule has 0 aliphatic rings. The van der Waals surface area contributed by atoms with E-state index in [4.69, 9.17) is 18.6 Å². The fourth-order valence-corrected chi connectivity index (χ4v) is 4.23. The van der Waals surface area contributed by atoms with E-state index >= 15 is 0 Å². The van der Waals surface area contributed by atoms with Crippen LogP contribution in [0.3, 0.4) is 0 Å². The van der Waals surface area contributed by atoms with Gasteiger partial charge in [0.2, 0.25) is 11.3 Å². The molecular formula is C26H21BrN4O7. The summed E-state index contributed by atoms with van der Waals surface area (Å²) in [6.45, 7) is -0.0719. The Labute approximate surface area is 223 Å². The van der Waals surface area contributed by atoms with Gasteiger partial charge in [-0.3, -0.25) is 9.59 Å². The number of anilines is 1. The fraction of sp³-hybridized carbons (Fsp3) is 0.154. The molecule has 2 aromatic heterocycles. The smallest absolute Gasteiger partial charge is 0.246 e. The van der Waals surface area contributed by atoms with E-state index < -0.39 is 0 Å². The van der Waals surface area contributed by atoms with Gasteiger partial charge in [-0.2, -0.15) is 0 Å². The molecule has 5 rings (SSSR count). The number of phenolic OH excluding ortho intramolecular Hbond substituents is 1. The summed E-state index contributed by atoms with van der Waals surface area (Å²) in [5, 5.41) is 21.7. The molecule has 0 atom stereocenters. The van der Waals surface area contributed by atoms with E-state index in [1.165, 1.54) is 31.0 Å². The van der Waals surface area contributed by atoms with Crippen molar-refractivity contribution in [1.82, 2.24) is 15.0 Å². The topological polar surface area (TPSA) is 138 Å². The number of benzene rings is 3. The van der Waals surface area contributed by atoms with Gasteiger partial charge in [-0.05, 0) is 30.3 Å². The van der Waals surface area contributed by atoms with Crippen LogP contribution in [0.5, 0.6) is 23.0 Å². The minimum absolute atomic E-state index is 0.00556. The first kappa shape index (κ1) is 25.1. The van der Waals surface area contributed by atoms with Crippen molar-refractivity contribution in [2.75, 3.05) is 19.5 Å². The standard InChI is InChI=1S/C26H21BrN4O7/c1-35-20-6-4-15(8-22(20)36-2)28-24(33)12-31-11-16(29-30-31)13-37-17-9-19(32)25-23(10-17)38-21-7-14(27)3-5-18(21)26(25)34/h3-11,32H,12-13H2,1-2H3,(H,28,33). The first-order valence-electron chi connectivity index (χ1n) is 11.3. The Balaban J connectivity index is 1.26. The summed E-state index contributed by atoms with van der Waals surface area (Å²) in [6, 6.07) is 12.9. The fourth-order valence-electron chi connectivity index (χ4n) is 3.89. The molecule has 5 aromatic rings. The number of rotatable bonds is 8. The molecule has 0 aliphatic carbocycles. The number of phenols is 1. The molecule has 0 fully saturated rings. The van der Waals surface area contributed by atoms with Crippen molar-refractivity contribution in [3.63, 3.8) is 0 Å². The van der Waals surface area contributed by atoms with Crippen molar-refractivity contribution in [2.24, 2.45) is 0 Å². The summed E-state index contributed by atoms with van der Waals surface area (Å²) >= 11 is 3.36. The molecule has 11 nitrogen and oxygen atoms in total. The number of hydrogen-bond acceptors (Lipinski definition) is 9. The van der Waals surface area contributed by atoms with Crippen molar-refractivity contribution in [3.8, 4) is 23.0 Å². The number of amides is 1. The first-order chi connectivity index (χ1) is 18.3. The molecule has 38 heavy (non-hydrogen) atoms. The van der Waals surface area contributed by atoms with Gasteiger partial charge in [-0.1, -0.05) is 21.1 Å². The maximum Gasteiger partial charge on any atom is 0.246 e. The van der Waals surface area contributed by atoms with Gasteiger partial charge >= 0.3 is 0 Å². The average Bonchev–Trinajstić information content (AvgIpc) is 3.33. The van der Waals surface area contributed by atoms with Crippen LogP contribution < -0.4 is 25.0 Å². The van der Waals surface area contributed by atoms with Gasteiger partial charge in [0.05, 0.1) is 25.8 Å². The Morgan fingerprint density at radius 3 is 2.68 bits per heavy atom. The molecule has 0 saturated carbocycles.